The molecule has 4 aromatic rings. The zero-order valence-electron chi connectivity index (χ0n) is 18.1. The maximum atomic E-state index is 13.5. The van der Waals surface area contributed by atoms with Gasteiger partial charge in [0.05, 0.1) is 34.1 Å². The van der Waals surface area contributed by atoms with Crippen molar-refractivity contribution in [2.24, 2.45) is 4.99 Å². The summed E-state index contributed by atoms with van der Waals surface area (Å²) in [7, 11) is 0. The first kappa shape index (κ1) is 22.4. The molecule has 3 heterocycles. The minimum atomic E-state index is -0.130. The second kappa shape index (κ2) is 9.85. The average molecular weight is 499 g/mol. The van der Waals surface area contributed by atoms with Crippen LogP contribution in [-0.2, 0) is 10.5 Å². The molecule has 9 heteroatoms. The van der Waals surface area contributed by atoms with Crippen LogP contribution in [0.3, 0.4) is 0 Å². The lowest BCUT2D eigenvalue weighted by molar-refractivity contribution is 0.118. The topological polar surface area (TPSA) is 72.3 Å². The van der Waals surface area contributed by atoms with Gasteiger partial charge in [0.15, 0.2) is 0 Å². The van der Waals surface area contributed by atoms with E-state index >= 15 is 0 Å². The second-order valence-electron chi connectivity index (χ2n) is 7.87. The van der Waals surface area contributed by atoms with Gasteiger partial charge in [-0.1, -0.05) is 35.1 Å². The molecule has 6 nitrogen and oxygen atoms in total. The third kappa shape index (κ3) is 4.94. The number of aromatic amines is 1. The van der Waals surface area contributed by atoms with E-state index < -0.39 is 0 Å². The van der Waals surface area contributed by atoms with E-state index in [4.69, 9.17) is 21.3 Å². The zero-order valence-corrected chi connectivity index (χ0v) is 20.5. The number of para-hydroxylation sites is 1. The fourth-order valence-corrected chi connectivity index (χ4v) is 5.74. The van der Waals surface area contributed by atoms with Gasteiger partial charge in [0.2, 0.25) is 5.13 Å². The van der Waals surface area contributed by atoms with Gasteiger partial charge in [0.1, 0.15) is 0 Å². The largest absolute Gasteiger partial charge is 0.376 e. The van der Waals surface area contributed by atoms with E-state index in [0.717, 1.165) is 46.0 Å². The Balaban J connectivity index is 1.50. The molecule has 1 aliphatic heterocycles. The summed E-state index contributed by atoms with van der Waals surface area (Å²) in [4.78, 5) is 24.0. The number of halogens is 1. The Kier molecular flexibility index (Phi) is 6.69. The molecular weight excluding hydrogens is 476 g/mol. The number of hydrogen-bond donors (Lipinski definition) is 1. The normalized spacial score (nSPS) is 16.7. The highest BCUT2D eigenvalue weighted by molar-refractivity contribution is 7.98. The molecule has 1 N–H and O–H groups in total. The minimum absolute atomic E-state index is 0.130. The van der Waals surface area contributed by atoms with Gasteiger partial charge < -0.3 is 4.74 Å². The van der Waals surface area contributed by atoms with E-state index in [1.54, 1.807) is 16.4 Å². The molecule has 5 rings (SSSR count). The molecule has 0 aliphatic carbocycles. The smallest absolute Gasteiger partial charge is 0.282 e. The molecule has 0 radical (unpaired) electrons. The molecule has 33 heavy (non-hydrogen) atoms. The summed E-state index contributed by atoms with van der Waals surface area (Å²) in [6.45, 7) is 3.26. The lowest BCUT2D eigenvalue weighted by Gasteiger charge is -2.07. The Morgan fingerprint density at radius 3 is 2.88 bits per heavy atom. The summed E-state index contributed by atoms with van der Waals surface area (Å²) in [6, 6.07) is 15.6. The van der Waals surface area contributed by atoms with E-state index in [1.807, 2.05) is 55.5 Å². The van der Waals surface area contributed by atoms with Crippen molar-refractivity contribution in [2.75, 3.05) is 13.2 Å². The van der Waals surface area contributed by atoms with Crippen LogP contribution in [0.2, 0.25) is 5.02 Å². The first-order valence-electron chi connectivity index (χ1n) is 10.8. The Bertz CT molecular complexity index is 1320. The van der Waals surface area contributed by atoms with Gasteiger partial charge in [-0.15, -0.1) is 11.8 Å². The van der Waals surface area contributed by atoms with Crippen molar-refractivity contribution in [3.05, 3.63) is 75.2 Å². The van der Waals surface area contributed by atoms with Crippen molar-refractivity contribution < 1.29 is 4.74 Å². The first-order valence-corrected chi connectivity index (χ1v) is 13.0. The summed E-state index contributed by atoms with van der Waals surface area (Å²) in [6.07, 6.45) is 2.22. The molecule has 0 bridgehead atoms. The van der Waals surface area contributed by atoms with Crippen molar-refractivity contribution >= 4 is 50.6 Å². The predicted octanol–water partition coefficient (Wildman–Crippen LogP) is 5.71. The van der Waals surface area contributed by atoms with E-state index in [-0.39, 0.29) is 11.7 Å². The summed E-state index contributed by atoms with van der Waals surface area (Å²) in [5.41, 5.74) is 2.90. The Morgan fingerprint density at radius 2 is 2.12 bits per heavy atom. The van der Waals surface area contributed by atoms with Crippen molar-refractivity contribution in [3.8, 4) is 5.13 Å². The van der Waals surface area contributed by atoms with Gasteiger partial charge in [-0.3, -0.25) is 14.9 Å². The van der Waals surface area contributed by atoms with Gasteiger partial charge in [-0.25, -0.2) is 4.98 Å². The number of fused-ring (bicyclic) bond motifs is 1. The highest BCUT2D eigenvalue weighted by Crippen LogP contribution is 2.27. The van der Waals surface area contributed by atoms with Gasteiger partial charge >= 0.3 is 0 Å². The monoisotopic (exact) mass is 498 g/mol. The SMILES string of the molecule is CC(=NCC1CCCO1)c1c(CSc2ccc(Cl)cc2)[nH]n(-c2nc3ccccc3s2)c1=O. The van der Waals surface area contributed by atoms with Crippen molar-refractivity contribution in [2.45, 2.75) is 36.5 Å². The van der Waals surface area contributed by atoms with Crippen LogP contribution in [-0.4, -0.2) is 39.7 Å². The molecule has 0 spiro atoms. The Labute approximate surface area is 204 Å². The molecule has 0 amide bonds. The number of thiazole rings is 1. The molecule has 1 saturated heterocycles. The molecule has 1 aliphatic rings. The fraction of sp³-hybridized carbons (Fsp3) is 0.292. The number of benzene rings is 2. The van der Waals surface area contributed by atoms with Crippen LogP contribution >= 0.6 is 34.7 Å². The summed E-state index contributed by atoms with van der Waals surface area (Å²) >= 11 is 9.15. The maximum absolute atomic E-state index is 13.5. The van der Waals surface area contributed by atoms with Crippen LogP contribution < -0.4 is 5.56 Å². The second-order valence-corrected chi connectivity index (χ2v) is 10.4. The molecule has 2 aromatic carbocycles. The summed E-state index contributed by atoms with van der Waals surface area (Å²) in [5.74, 6) is 0.594. The van der Waals surface area contributed by atoms with E-state index in [0.29, 0.717) is 28.0 Å². The van der Waals surface area contributed by atoms with E-state index in [1.165, 1.54) is 11.3 Å². The van der Waals surface area contributed by atoms with Crippen molar-refractivity contribution in [3.63, 3.8) is 0 Å². The maximum Gasteiger partial charge on any atom is 0.282 e. The number of aliphatic imine (C=N–C) groups is 1. The third-order valence-electron chi connectivity index (χ3n) is 5.55. The lowest BCUT2D eigenvalue weighted by Crippen LogP contribution is -2.20. The number of thioether (sulfide) groups is 1. The van der Waals surface area contributed by atoms with Crippen LogP contribution in [0.5, 0.6) is 0 Å². The highest BCUT2D eigenvalue weighted by Gasteiger charge is 2.21. The number of hydrogen-bond acceptors (Lipinski definition) is 6. The molecule has 1 atom stereocenters. The standard InChI is InChI=1S/C24H23ClN4O2S2/c1-15(26-13-17-5-4-12-31-17)22-20(14-32-18-10-8-16(25)9-11-18)28-29(23(22)30)24-27-19-6-2-3-7-21(19)33-24/h2-3,6-11,17,28H,4-5,12-14H2,1H3. The van der Waals surface area contributed by atoms with Gasteiger partial charge in [-0.05, 0) is 56.2 Å². The lowest BCUT2D eigenvalue weighted by atomic mass is 10.1. The predicted molar refractivity (Wildman–Crippen MR) is 137 cm³/mol. The van der Waals surface area contributed by atoms with Gasteiger partial charge in [0.25, 0.3) is 5.56 Å². The number of nitrogens with zero attached hydrogens (tertiary/aromatic N) is 3. The minimum Gasteiger partial charge on any atom is -0.376 e. The van der Waals surface area contributed by atoms with Crippen LogP contribution in [0.4, 0.5) is 0 Å². The van der Waals surface area contributed by atoms with E-state index in [9.17, 15) is 4.79 Å². The van der Waals surface area contributed by atoms with Crippen LogP contribution in [0.25, 0.3) is 15.3 Å². The highest BCUT2D eigenvalue weighted by atomic mass is 35.5. The molecule has 170 valence electrons. The first-order chi connectivity index (χ1) is 16.1. The Hall–Kier alpha value is -2.39. The molecule has 1 fully saturated rings. The average Bonchev–Trinajstić information content (AvgIpc) is 3.55. The number of nitrogens with one attached hydrogen (secondary N) is 1. The quantitative estimate of drug-likeness (QED) is 0.261. The van der Waals surface area contributed by atoms with Crippen molar-refractivity contribution in [1.82, 2.24) is 14.8 Å². The van der Waals surface area contributed by atoms with Crippen LogP contribution in [0.15, 0.2) is 63.2 Å². The van der Waals surface area contributed by atoms with Crippen LogP contribution in [0.1, 0.15) is 31.0 Å². The number of aromatic nitrogens is 3. The molecule has 0 saturated carbocycles. The fourth-order valence-electron chi connectivity index (χ4n) is 3.84. The molecular formula is C24H23ClN4O2S2. The van der Waals surface area contributed by atoms with Crippen molar-refractivity contribution in [1.29, 1.82) is 0 Å². The van der Waals surface area contributed by atoms with Crippen LogP contribution in [0, 0.1) is 0 Å². The number of H-pyrrole nitrogens is 1. The molecule has 2 aromatic heterocycles. The summed E-state index contributed by atoms with van der Waals surface area (Å²) < 4.78 is 8.28. The van der Waals surface area contributed by atoms with Gasteiger partial charge in [-0.2, -0.15) is 4.68 Å². The zero-order chi connectivity index (χ0) is 22.8. The van der Waals surface area contributed by atoms with E-state index in [2.05, 4.69) is 10.1 Å². The summed E-state index contributed by atoms with van der Waals surface area (Å²) in [5, 5.41) is 4.63. The third-order valence-corrected chi connectivity index (χ3v) is 7.87. The molecule has 1 unspecified atom stereocenters. The Morgan fingerprint density at radius 1 is 1.30 bits per heavy atom. The number of rotatable bonds is 7. The van der Waals surface area contributed by atoms with Gasteiger partial charge in [0, 0.05) is 28.0 Å². The number of ether oxygens (including phenoxy) is 1.